The highest BCUT2D eigenvalue weighted by molar-refractivity contribution is 7.87. The zero-order chi connectivity index (χ0) is 26.3. The Bertz CT molecular complexity index is 1430. The number of nitrogens with zero attached hydrogens (tertiary/aromatic N) is 1. The highest BCUT2D eigenvalue weighted by Gasteiger charge is 2.45. The maximum Gasteiger partial charge on any atom is 0.339 e. The van der Waals surface area contributed by atoms with E-state index in [0.29, 0.717) is 48.2 Å². The van der Waals surface area contributed by atoms with E-state index in [1.54, 1.807) is 23.1 Å². The smallest absolute Gasteiger partial charge is 0.339 e. The Morgan fingerprint density at radius 1 is 0.946 bits per heavy atom. The van der Waals surface area contributed by atoms with Crippen LogP contribution >= 0.6 is 11.6 Å². The molecule has 0 radical (unpaired) electrons. The molecule has 1 N–H and O–H groups in total. The van der Waals surface area contributed by atoms with Gasteiger partial charge in [-0.2, -0.15) is 8.42 Å². The van der Waals surface area contributed by atoms with Crippen LogP contribution < -0.4 is 4.18 Å². The van der Waals surface area contributed by atoms with Gasteiger partial charge in [0.25, 0.3) is 0 Å². The number of hydrogen-bond donors (Lipinski definition) is 1. The molecule has 0 unspecified atom stereocenters. The summed E-state index contributed by atoms with van der Waals surface area (Å²) in [5.74, 6) is -2.43. The fourth-order valence-electron chi connectivity index (χ4n) is 5.43. The highest BCUT2D eigenvalue weighted by atomic mass is 35.5. The van der Waals surface area contributed by atoms with Crippen LogP contribution in [0.25, 0.3) is 0 Å². The van der Waals surface area contributed by atoms with Crippen molar-refractivity contribution < 1.29 is 32.1 Å². The molecule has 3 aliphatic rings. The van der Waals surface area contributed by atoms with Crippen LogP contribution in [0.15, 0.2) is 76.0 Å². The Balaban J connectivity index is 1.72. The van der Waals surface area contributed by atoms with Crippen LogP contribution in [0, 0.1) is 0 Å². The van der Waals surface area contributed by atoms with Crippen molar-refractivity contribution in [3.8, 4) is 5.75 Å². The van der Waals surface area contributed by atoms with E-state index in [1.807, 2.05) is 0 Å². The molecule has 10 heteroatoms. The molecular formula is C27H24ClNO7S. The van der Waals surface area contributed by atoms with E-state index >= 15 is 0 Å². The van der Waals surface area contributed by atoms with Crippen LogP contribution in [0.3, 0.4) is 0 Å². The molecule has 2 aliphatic carbocycles. The summed E-state index contributed by atoms with van der Waals surface area (Å²) in [6, 6.07) is 12.1. The van der Waals surface area contributed by atoms with Gasteiger partial charge in [0.05, 0.1) is 0 Å². The summed E-state index contributed by atoms with van der Waals surface area (Å²) < 4.78 is 31.8. The van der Waals surface area contributed by atoms with E-state index in [0.717, 1.165) is 0 Å². The molecule has 192 valence electrons. The zero-order valence-electron chi connectivity index (χ0n) is 19.8. The molecule has 0 amide bonds. The molecule has 1 heterocycles. The Morgan fingerprint density at radius 2 is 1.54 bits per heavy atom. The quantitative estimate of drug-likeness (QED) is 0.527. The van der Waals surface area contributed by atoms with Crippen LogP contribution in [-0.4, -0.2) is 42.5 Å². The molecule has 0 saturated heterocycles. The summed E-state index contributed by atoms with van der Waals surface area (Å²) in [6.07, 6.45) is 2.53. The van der Waals surface area contributed by atoms with Crippen molar-refractivity contribution in [1.29, 1.82) is 0 Å². The number of carboxylic acid groups (broad SMARTS) is 1. The number of allylic oxidation sites excluding steroid dienone is 4. The monoisotopic (exact) mass is 541 g/mol. The molecule has 0 spiro atoms. The van der Waals surface area contributed by atoms with Gasteiger partial charge in [-0.1, -0.05) is 29.8 Å². The zero-order valence-corrected chi connectivity index (χ0v) is 21.3. The molecule has 0 bridgehead atoms. The van der Waals surface area contributed by atoms with Crippen molar-refractivity contribution in [1.82, 2.24) is 4.90 Å². The van der Waals surface area contributed by atoms with Crippen molar-refractivity contribution in [3.05, 3.63) is 81.7 Å². The van der Waals surface area contributed by atoms with Gasteiger partial charge < -0.3 is 14.2 Å². The number of aliphatic carboxylic acids is 1. The number of rotatable bonds is 6. The molecule has 37 heavy (non-hydrogen) atoms. The minimum atomic E-state index is -4.23. The first-order valence-corrected chi connectivity index (χ1v) is 13.8. The van der Waals surface area contributed by atoms with Crippen LogP contribution in [-0.2, 0) is 24.5 Å². The minimum absolute atomic E-state index is 0.0413. The number of Topliss-reactive ketones (excluding diaryl/α,β-unsaturated/α-hetero) is 2. The Morgan fingerprint density at radius 3 is 2.11 bits per heavy atom. The first-order valence-electron chi connectivity index (χ1n) is 12.0. The second kappa shape index (κ2) is 9.79. The van der Waals surface area contributed by atoms with Crippen molar-refractivity contribution in [3.63, 3.8) is 0 Å². The van der Waals surface area contributed by atoms with Gasteiger partial charge in [0.15, 0.2) is 11.6 Å². The lowest BCUT2D eigenvalue weighted by Gasteiger charge is -2.43. The van der Waals surface area contributed by atoms with Crippen molar-refractivity contribution >= 4 is 39.3 Å². The largest absolute Gasteiger partial charge is 0.480 e. The van der Waals surface area contributed by atoms with Crippen molar-refractivity contribution in [2.24, 2.45) is 0 Å². The Labute approximate surface area is 219 Å². The minimum Gasteiger partial charge on any atom is -0.480 e. The first kappa shape index (κ1) is 25.2. The van der Waals surface area contributed by atoms with Crippen LogP contribution in [0.5, 0.6) is 5.75 Å². The number of carboxylic acids is 1. The van der Waals surface area contributed by atoms with Gasteiger partial charge in [0.1, 0.15) is 17.2 Å². The maximum atomic E-state index is 13.4. The fraction of sp³-hybridized carbons (Fsp3) is 0.296. The molecule has 0 atom stereocenters. The van der Waals surface area contributed by atoms with Gasteiger partial charge in [0, 0.05) is 51.9 Å². The van der Waals surface area contributed by atoms with Gasteiger partial charge in [0.2, 0.25) is 0 Å². The van der Waals surface area contributed by atoms with Gasteiger partial charge in [-0.3, -0.25) is 14.4 Å². The summed E-state index contributed by atoms with van der Waals surface area (Å²) >= 11 is 6.35. The topological polar surface area (TPSA) is 118 Å². The molecule has 0 aromatic heterocycles. The average Bonchev–Trinajstić information content (AvgIpc) is 2.86. The van der Waals surface area contributed by atoms with Gasteiger partial charge in [-0.25, -0.2) is 0 Å². The lowest BCUT2D eigenvalue weighted by molar-refractivity contribution is -0.138. The van der Waals surface area contributed by atoms with Gasteiger partial charge in [-0.15, -0.1) is 0 Å². The first-order chi connectivity index (χ1) is 17.7. The lowest BCUT2D eigenvalue weighted by Crippen LogP contribution is -2.41. The second-order valence-electron chi connectivity index (χ2n) is 9.22. The third-order valence-electron chi connectivity index (χ3n) is 6.89. The number of carbonyl (C=O) groups is 3. The average molecular weight is 542 g/mol. The van der Waals surface area contributed by atoms with Gasteiger partial charge >= 0.3 is 16.1 Å². The van der Waals surface area contributed by atoms with E-state index in [9.17, 15) is 27.9 Å². The summed E-state index contributed by atoms with van der Waals surface area (Å²) in [7, 11) is -4.23. The number of carbonyl (C=O) groups excluding carboxylic acids is 2. The normalized spacial score (nSPS) is 18.6. The second-order valence-corrected chi connectivity index (χ2v) is 11.2. The molecule has 0 fully saturated rings. The van der Waals surface area contributed by atoms with Gasteiger partial charge in [-0.05, 0) is 56.0 Å². The molecule has 0 saturated carbocycles. The summed E-state index contributed by atoms with van der Waals surface area (Å²) in [4.78, 5) is 40.1. The van der Waals surface area contributed by atoms with E-state index in [-0.39, 0.29) is 52.2 Å². The van der Waals surface area contributed by atoms with E-state index in [1.165, 1.54) is 30.3 Å². The van der Waals surface area contributed by atoms with Crippen molar-refractivity contribution in [2.45, 2.75) is 49.3 Å². The number of ketones is 2. The SMILES string of the molecule is O=C(O)CN1C2=C(C(=O)CCC2)C(c2cc(Cl)ccc2OS(=O)(=O)c2ccccc2)C2=C1CCCC2=O. The Kier molecular flexibility index (Phi) is 6.68. The van der Waals surface area contributed by atoms with Crippen LogP contribution in [0.1, 0.15) is 50.0 Å². The fourth-order valence-corrected chi connectivity index (χ4v) is 6.58. The third-order valence-corrected chi connectivity index (χ3v) is 8.38. The van der Waals surface area contributed by atoms with E-state index in [2.05, 4.69) is 0 Å². The molecule has 5 rings (SSSR count). The Hall–Kier alpha value is -3.43. The summed E-state index contributed by atoms with van der Waals surface area (Å²) in [6.45, 7) is -0.369. The summed E-state index contributed by atoms with van der Waals surface area (Å²) in [5.41, 5.74) is 2.03. The molecule has 2 aromatic carbocycles. The summed E-state index contributed by atoms with van der Waals surface area (Å²) in [5, 5.41) is 9.90. The molecule has 2 aromatic rings. The molecule has 1 aliphatic heterocycles. The van der Waals surface area contributed by atoms with E-state index < -0.39 is 22.0 Å². The van der Waals surface area contributed by atoms with Crippen LogP contribution in [0.2, 0.25) is 5.02 Å². The lowest BCUT2D eigenvalue weighted by atomic mass is 9.70. The molecule has 8 nitrogen and oxygen atoms in total. The maximum absolute atomic E-state index is 13.4. The highest BCUT2D eigenvalue weighted by Crippen LogP contribution is 2.51. The predicted octanol–water partition coefficient (Wildman–Crippen LogP) is 4.61. The number of benzene rings is 2. The number of hydrogen-bond acceptors (Lipinski definition) is 7. The van der Waals surface area contributed by atoms with E-state index in [4.69, 9.17) is 15.8 Å². The van der Waals surface area contributed by atoms with Crippen molar-refractivity contribution in [2.75, 3.05) is 6.54 Å². The predicted molar refractivity (Wildman–Crippen MR) is 135 cm³/mol. The molecular weight excluding hydrogens is 518 g/mol. The standard InChI is InChI=1S/C27H24ClNO7S/c28-16-12-13-23(36-37(34,35)17-6-2-1-3-7-17)18(14-16)25-26-19(8-4-10-21(26)30)29(15-24(32)33)20-9-5-11-22(31)27(20)25/h1-3,6-7,12-14,25H,4-5,8-11,15H2,(H,32,33). The third kappa shape index (κ3) is 4.69. The number of halogens is 1. The van der Waals surface area contributed by atoms with Crippen LogP contribution in [0.4, 0.5) is 0 Å².